The zero-order valence-corrected chi connectivity index (χ0v) is 12.7. The van der Waals surface area contributed by atoms with Crippen molar-refractivity contribution in [2.75, 3.05) is 5.32 Å². The third-order valence-corrected chi connectivity index (χ3v) is 3.49. The quantitative estimate of drug-likeness (QED) is 0.916. The first kappa shape index (κ1) is 14.5. The van der Waals surface area contributed by atoms with Gasteiger partial charge in [0.2, 0.25) is 0 Å². The van der Waals surface area contributed by atoms with Gasteiger partial charge in [-0.3, -0.25) is 10.1 Å². The number of nitrogens with one attached hydrogen (secondary N) is 1. The number of benzene rings is 1. The van der Waals surface area contributed by atoms with E-state index in [1.807, 2.05) is 38.3 Å². The van der Waals surface area contributed by atoms with Gasteiger partial charge in [0.25, 0.3) is 5.91 Å². The molecule has 0 bridgehead atoms. The maximum atomic E-state index is 12.1. The van der Waals surface area contributed by atoms with E-state index in [0.29, 0.717) is 11.6 Å². The third kappa shape index (κ3) is 3.81. The molecule has 2 rings (SSSR count). The molecule has 0 radical (unpaired) electrons. The number of carbonyl (C=O) groups excluding carboxylic acids is 1. The lowest BCUT2D eigenvalue weighted by Crippen LogP contribution is -2.32. The number of thiazole rings is 1. The first-order valence-corrected chi connectivity index (χ1v) is 7.41. The molecule has 0 aliphatic carbocycles. The fourth-order valence-corrected chi connectivity index (χ4v) is 2.49. The van der Waals surface area contributed by atoms with Crippen molar-refractivity contribution in [3.05, 3.63) is 40.9 Å². The van der Waals surface area contributed by atoms with Gasteiger partial charge in [-0.15, -0.1) is 11.3 Å². The third-order valence-electron chi connectivity index (χ3n) is 2.80. The summed E-state index contributed by atoms with van der Waals surface area (Å²) in [6.07, 6.45) is 1.75. The normalized spacial score (nSPS) is 11.9. The maximum absolute atomic E-state index is 12.1. The lowest BCUT2D eigenvalue weighted by Gasteiger charge is -2.17. The van der Waals surface area contributed by atoms with Crippen LogP contribution in [0.1, 0.15) is 24.5 Å². The molecule has 0 aliphatic rings. The number of ether oxygens (including phenoxy) is 1. The first-order valence-electron chi connectivity index (χ1n) is 6.53. The highest BCUT2D eigenvalue weighted by atomic mass is 32.1. The number of carbonyl (C=O) groups is 1. The van der Waals surface area contributed by atoms with Crippen molar-refractivity contribution in [1.82, 2.24) is 4.98 Å². The lowest BCUT2D eigenvalue weighted by molar-refractivity contribution is -0.122. The smallest absolute Gasteiger partial charge is 0.267 e. The van der Waals surface area contributed by atoms with E-state index in [-0.39, 0.29) is 5.91 Å². The molecule has 20 heavy (non-hydrogen) atoms. The fraction of sp³-hybridized carbons (Fsp3) is 0.333. The van der Waals surface area contributed by atoms with E-state index < -0.39 is 6.10 Å². The maximum Gasteiger partial charge on any atom is 0.267 e. The highest BCUT2D eigenvalue weighted by Crippen LogP contribution is 2.19. The fourth-order valence-electron chi connectivity index (χ4n) is 1.96. The van der Waals surface area contributed by atoms with E-state index >= 15 is 0 Å². The second kappa shape index (κ2) is 6.52. The van der Waals surface area contributed by atoms with Crippen LogP contribution in [0.15, 0.2) is 29.8 Å². The van der Waals surface area contributed by atoms with E-state index in [2.05, 4.69) is 16.4 Å². The van der Waals surface area contributed by atoms with Crippen molar-refractivity contribution in [2.45, 2.75) is 33.3 Å². The van der Waals surface area contributed by atoms with Crippen LogP contribution in [0.2, 0.25) is 0 Å². The lowest BCUT2D eigenvalue weighted by atomic mass is 10.1. The van der Waals surface area contributed by atoms with E-state index in [1.165, 1.54) is 11.3 Å². The van der Waals surface area contributed by atoms with Crippen molar-refractivity contribution < 1.29 is 9.53 Å². The molecule has 1 aromatic carbocycles. The topological polar surface area (TPSA) is 51.2 Å². The van der Waals surface area contributed by atoms with Gasteiger partial charge in [0.15, 0.2) is 11.2 Å². The Morgan fingerprint density at radius 1 is 1.35 bits per heavy atom. The molecular weight excluding hydrogens is 272 g/mol. The molecule has 2 aromatic rings. The Balaban J connectivity index is 2.06. The minimum absolute atomic E-state index is 0.165. The first-order chi connectivity index (χ1) is 9.58. The van der Waals surface area contributed by atoms with Crippen LogP contribution in [0.5, 0.6) is 5.75 Å². The Labute approximate surface area is 122 Å². The molecule has 1 atom stereocenters. The number of rotatable bonds is 5. The zero-order chi connectivity index (χ0) is 14.5. The number of hydrogen-bond acceptors (Lipinski definition) is 4. The molecule has 0 saturated heterocycles. The van der Waals surface area contributed by atoms with Gasteiger partial charge in [0, 0.05) is 11.6 Å². The summed E-state index contributed by atoms with van der Waals surface area (Å²) in [5, 5.41) is 5.18. The number of aromatic nitrogens is 1. The number of anilines is 1. The van der Waals surface area contributed by atoms with E-state index in [9.17, 15) is 4.79 Å². The second-order valence-electron chi connectivity index (χ2n) is 4.66. The highest BCUT2D eigenvalue weighted by Gasteiger charge is 2.19. The Morgan fingerprint density at radius 3 is 2.60 bits per heavy atom. The predicted molar refractivity (Wildman–Crippen MR) is 81.4 cm³/mol. The summed E-state index contributed by atoms with van der Waals surface area (Å²) in [6, 6.07) is 5.95. The van der Waals surface area contributed by atoms with Gasteiger partial charge < -0.3 is 4.74 Å². The predicted octanol–water partition coefficient (Wildman–Crippen LogP) is 3.56. The molecule has 1 unspecified atom stereocenters. The molecule has 1 N–H and O–H groups in total. The summed E-state index contributed by atoms with van der Waals surface area (Å²) >= 11 is 1.39. The van der Waals surface area contributed by atoms with Crippen LogP contribution in [-0.4, -0.2) is 17.0 Å². The van der Waals surface area contributed by atoms with Crippen LogP contribution >= 0.6 is 11.3 Å². The molecule has 0 saturated carbocycles. The minimum Gasteiger partial charge on any atom is -0.481 e. The molecule has 5 heteroatoms. The molecule has 4 nitrogen and oxygen atoms in total. The number of aryl methyl sites for hydroxylation is 2. The summed E-state index contributed by atoms with van der Waals surface area (Å²) in [5.41, 5.74) is 2.24. The Bertz CT molecular complexity index is 561. The van der Waals surface area contributed by atoms with E-state index in [1.54, 1.807) is 6.20 Å². The number of hydrogen-bond donors (Lipinski definition) is 1. The molecule has 106 valence electrons. The second-order valence-corrected chi connectivity index (χ2v) is 5.56. The monoisotopic (exact) mass is 290 g/mol. The summed E-state index contributed by atoms with van der Waals surface area (Å²) < 4.78 is 5.80. The summed E-state index contributed by atoms with van der Waals surface area (Å²) in [5.74, 6) is 0.560. The van der Waals surface area contributed by atoms with Crippen molar-refractivity contribution in [2.24, 2.45) is 0 Å². The molecule has 1 amide bonds. The van der Waals surface area contributed by atoms with Crippen LogP contribution in [-0.2, 0) is 4.79 Å². The van der Waals surface area contributed by atoms with Crippen molar-refractivity contribution >= 4 is 22.4 Å². The van der Waals surface area contributed by atoms with Gasteiger partial charge in [-0.25, -0.2) is 4.98 Å². The van der Waals surface area contributed by atoms with Crippen LogP contribution in [0.4, 0.5) is 5.13 Å². The Hall–Kier alpha value is -1.88. The van der Waals surface area contributed by atoms with Crippen LogP contribution in [0.25, 0.3) is 0 Å². The Kier molecular flexibility index (Phi) is 4.74. The van der Waals surface area contributed by atoms with E-state index in [0.717, 1.165) is 16.9 Å². The molecule has 1 aromatic heterocycles. The molecular formula is C15H18N2O2S. The van der Waals surface area contributed by atoms with Crippen molar-refractivity contribution in [3.63, 3.8) is 0 Å². The molecule has 0 aliphatic heterocycles. The van der Waals surface area contributed by atoms with Gasteiger partial charge in [0.1, 0.15) is 5.75 Å². The van der Waals surface area contributed by atoms with Crippen molar-refractivity contribution in [3.8, 4) is 5.75 Å². The highest BCUT2D eigenvalue weighted by molar-refractivity contribution is 7.13. The molecule has 1 heterocycles. The minimum atomic E-state index is -0.514. The van der Waals surface area contributed by atoms with Gasteiger partial charge in [-0.1, -0.05) is 13.0 Å². The number of nitrogens with zero attached hydrogens (tertiary/aromatic N) is 1. The summed E-state index contributed by atoms with van der Waals surface area (Å²) in [7, 11) is 0. The molecule has 0 spiro atoms. The van der Waals surface area contributed by atoms with Crippen LogP contribution in [0, 0.1) is 13.8 Å². The van der Waals surface area contributed by atoms with Gasteiger partial charge in [0.05, 0.1) is 0 Å². The SMILES string of the molecule is CCC(Oc1cc(C)cc(C)c1)C(=O)Nc1nccs1. The van der Waals surface area contributed by atoms with Crippen LogP contribution < -0.4 is 10.1 Å². The number of amides is 1. The standard InChI is InChI=1S/C15H18N2O2S/c1-4-13(14(18)17-15-16-5-6-20-15)19-12-8-10(2)7-11(3)9-12/h5-9,13H,4H2,1-3H3,(H,16,17,18). The summed E-state index contributed by atoms with van der Waals surface area (Å²) in [6.45, 7) is 5.95. The van der Waals surface area contributed by atoms with Crippen LogP contribution in [0.3, 0.4) is 0 Å². The summed E-state index contributed by atoms with van der Waals surface area (Å²) in [4.78, 5) is 16.2. The average Bonchev–Trinajstić information content (AvgIpc) is 2.87. The van der Waals surface area contributed by atoms with Crippen molar-refractivity contribution in [1.29, 1.82) is 0 Å². The average molecular weight is 290 g/mol. The van der Waals surface area contributed by atoms with E-state index in [4.69, 9.17) is 4.74 Å². The van der Waals surface area contributed by atoms with Gasteiger partial charge >= 0.3 is 0 Å². The van der Waals surface area contributed by atoms with Gasteiger partial charge in [-0.2, -0.15) is 0 Å². The largest absolute Gasteiger partial charge is 0.481 e. The zero-order valence-electron chi connectivity index (χ0n) is 11.8. The Morgan fingerprint density at radius 2 is 2.05 bits per heavy atom. The van der Waals surface area contributed by atoms with Gasteiger partial charge in [-0.05, 0) is 43.5 Å². The molecule has 0 fully saturated rings.